The highest BCUT2D eigenvalue weighted by molar-refractivity contribution is 5.42. The highest BCUT2D eigenvalue weighted by atomic mass is 16.5. The van der Waals surface area contributed by atoms with E-state index in [1.807, 2.05) is 36.2 Å². The first-order valence-corrected chi connectivity index (χ1v) is 9.55. The maximum atomic E-state index is 12.7. The number of benzene rings is 1. The normalized spacial score (nSPS) is 17.6. The van der Waals surface area contributed by atoms with Crippen molar-refractivity contribution >= 4 is 5.95 Å². The second-order valence-electron chi connectivity index (χ2n) is 7.45. The molecule has 1 fully saturated rings. The molecule has 2 aliphatic rings. The molecule has 1 N–H and O–H groups in total. The van der Waals surface area contributed by atoms with E-state index in [-0.39, 0.29) is 5.56 Å². The maximum Gasteiger partial charge on any atom is 0.256 e. The van der Waals surface area contributed by atoms with E-state index in [1.165, 1.54) is 0 Å². The average Bonchev–Trinajstić information content (AvgIpc) is 2.87. The Labute approximate surface area is 159 Å². The number of nitrogens with zero attached hydrogens (tertiary/aromatic N) is 4. The molecule has 0 radical (unpaired) electrons. The predicted octanol–water partition coefficient (Wildman–Crippen LogP) is 0.937. The number of hydrogen-bond acceptors (Lipinski definition) is 6. The number of anilines is 1. The van der Waals surface area contributed by atoms with E-state index >= 15 is 0 Å². The van der Waals surface area contributed by atoms with Crippen molar-refractivity contribution in [3.8, 4) is 5.75 Å². The molecule has 4 rings (SSSR count). The van der Waals surface area contributed by atoms with Crippen LogP contribution in [0.1, 0.15) is 16.8 Å². The van der Waals surface area contributed by atoms with Crippen LogP contribution in [0.5, 0.6) is 5.75 Å². The standard InChI is InChI=1S/C20H27N5O2/c1-23-7-10-25(11-8-23)12-9-24(2)20-21-17-14-27-18-6-4-3-5-15(18)13-16(17)19(26)22-20/h3-6H,7-14H2,1-2H3,(H,21,22,26). The summed E-state index contributed by atoms with van der Waals surface area (Å²) in [5.74, 6) is 1.45. The van der Waals surface area contributed by atoms with Gasteiger partial charge in [-0.1, -0.05) is 18.2 Å². The Morgan fingerprint density at radius 1 is 1.22 bits per heavy atom. The largest absolute Gasteiger partial charge is 0.487 e. The van der Waals surface area contributed by atoms with Crippen molar-refractivity contribution in [2.24, 2.45) is 0 Å². The molecular formula is C20H27N5O2. The smallest absolute Gasteiger partial charge is 0.256 e. The molecule has 2 aromatic rings. The summed E-state index contributed by atoms with van der Waals surface area (Å²) in [7, 11) is 4.14. The lowest BCUT2D eigenvalue weighted by molar-refractivity contribution is 0.157. The zero-order chi connectivity index (χ0) is 18.8. The first-order chi connectivity index (χ1) is 13.1. The molecule has 7 nitrogen and oxygen atoms in total. The van der Waals surface area contributed by atoms with Crippen molar-refractivity contribution < 1.29 is 4.74 Å². The second-order valence-corrected chi connectivity index (χ2v) is 7.45. The second kappa shape index (κ2) is 7.70. The number of aromatic nitrogens is 2. The van der Waals surface area contributed by atoms with Crippen LogP contribution in [-0.2, 0) is 13.0 Å². The third kappa shape index (κ3) is 3.99. The van der Waals surface area contributed by atoms with E-state index < -0.39 is 0 Å². The Morgan fingerprint density at radius 2 is 2.00 bits per heavy atom. The SMILES string of the molecule is CN1CCN(CCN(C)c2nc3c(c(=O)[nH]2)Cc2ccccc2OC3)CC1. The Balaban J connectivity index is 1.47. The molecular weight excluding hydrogens is 342 g/mol. The van der Waals surface area contributed by atoms with E-state index in [0.717, 1.165) is 56.3 Å². The van der Waals surface area contributed by atoms with Gasteiger partial charge in [-0.2, -0.15) is 0 Å². The van der Waals surface area contributed by atoms with Crippen molar-refractivity contribution in [1.29, 1.82) is 0 Å². The van der Waals surface area contributed by atoms with Crippen molar-refractivity contribution in [1.82, 2.24) is 19.8 Å². The number of nitrogens with one attached hydrogen (secondary N) is 1. The summed E-state index contributed by atoms with van der Waals surface area (Å²) in [5, 5.41) is 0. The van der Waals surface area contributed by atoms with Crippen LogP contribution < -0.4 is 15.2 Å². The first kappa shape index (κ1) is 18.0. The maximum absolute atomic E-state index is 12.7. The summed E-state index contributed by atoms with van der Waals surface area (Å²) in [6.45, 7) is 6.51. The van der Waals surface area contributed by atoms with Crippen LogP contribution in [-0.4, -0.2) is 73.1 Å². The van der Waals surface area contributed by atoms with E-state index in [0.29, 0.717) is 24.5 Å². The molecule has 0 amide bonds. The molecule has 7 heteroatoms. The summed E-state index contributed by atoms with van der Waals surface area (Å²) in [6.07, 6.45) is 0.555. The number of ether oxygens (including phenoxy) is 1. The Hall–Kier alpha value is -2.38. The van der Waals surface area contributed by atoms with Crippen molar-refractivity contribution in [3.05, 3.63) is 51.4 Å². The quantitative estimate of drug-likeness (QED) is 0.865. The van der Waals surface area contributed by atoms with Gasteiger partial charge in [0, 0.05) is 58.3 Å². The molecule has 1 aromatic heterocycles. The molecule has 1 aromatic carbocycles. The molecule has 3 heterocycles. The molecule has 0 spiro atoms. The van der Waals surface area contributed by atoms with Gasteiger partial charge in [0.2, 0.25) is 5.95 Å². The summed E-state index contributed by atoms with van der Waals surface area (Å²) < 4.78 is 5.88. The average molecular weight is 369 g/mol. The number of likely N-dealkylation sites (N-methyl/N-ethyl adjacent to an activating group) is 2. The monoisotopic (exact) mass is 369 g/mol. The lowest BCUT2D eigenvalue weighted by atomic mass is 10.1. The molecule has 0 aliphatic carbocycles. The van der Waals surface area contributed by atoms with Crippen LogP contribution in [0.15, 0.2) is 29.1 Å². The molecule has 27 heavy (non-hydrogen) atoms. The highest BCUT2D eigenvalue weighted by Gasteiger charge is 2.20. The fraction of sp³-hybridized carbons (Fsp3) is 0.500. The van der Waals surface area contributed by atoms with Crippen LogP contribution in [0, 0.1) is 0 Å². The summed E-state index contributed by atoms with van der Waals surface area (Å²) >= 11 is 0. The third-order valence-electron chi connectivity index (χ3n) is 5.50. The summed E-state index contributed by atoms with van der Waals surface area (Å²) in [4.78, 5) is 27.2. The zero-order valence-electron chi connectivity index (χ0n) is 16.1. The van der Waals surface area contributed by atoms with Gasteiger partial charge in [-0.15, -0.1) is 0 Å². The fourth-order valence-electron chi connectivity index (χ4n) is 3.61. The summed E-state index contributed by atoms with van der Waals surface area (Å²) in [5.41, 5.74) is 2.40. The van der Waals surface area contributed by atoms with Crippen LogP contribution in [0.2, 0.25) is 0 Å². The minimum absolute atomic E-state index is 0.0678. The lowest BCUT2D eigenvalue weighted by Gasteiger charge is -2.33. The van der Waals surface area contributed by atoms with E-state index in [4.69, 9.17) is 9.72 Å². The molecule has 0 saturated carbocycles. The number of H-pyrrole nitrogens is 1. The van der Waals surface area contributed by atoms with E-state index in [2.05, 4.69) is 21.8 Å². The van der Waals surface area contributed by atoms with E-state index in [9.17, 15) is 4.79 Å². The molecule has 1 saturated heterocycles. The van der Waals surface area contributed by atoms with Gasteiger partial charge in [-0.25, -0.2) is 4.98 Å². The van der Waals surface area contributed by atoms with Crippen LogP contribution >= 0.6 is 0 Å². The van der Waals surface area contributed by atoms with Crippen LogP contribution in [0.3, 0.4) is 0 Å². The van der Waals surface area contributed by atoms with Gasteiger partial charge < -0.3 is 14.5 Å². The zero-order valence-corrected chi connectivity index (χ0v) is 16.1. The summed E-state index contributed by atoms with van der Waals surface area (Å²) in [6, 6.07) is 7.86. The number of rotatable bonds is 4. The predicted molar refractivity (Wildman–Crippen MR) is 106 cm³/mol. The van der Waals surface area contributed by atoms with Gasteiger partial charge in [0.1, 0.15) is 12.4 Å². The molecule has 0 bridgehead atoms. The van der Waals surface area contributed by atoms with Crippen LogP contribution in [0.4, 0.5) is 5.95 Å². The van der Waals surface area contributed by atoms with Gasteiger partial charge in [-0.3, -0.25) is 14.7 Å². The number of fused-ring (bicyclic) bond motifs is 2. The number of hydrogen-bond donors (Lipinski definition) is 1. The first-order valence-electron chi connectivity index (χ1n) is 9.55. The highest BCUT2D eigenvalue weighted by Crippen LogP contribution is 2.26. The van der Waals surface area contributed by atoms with Crippen molar-refractivity contribution in [3.63, 3.8) is 0 Å². The fourth-order valence-corrected chi connectivity index (χ4v) is 3.61. The lowest BCUT2D eigenvalue weighted by Crippen LogP contribution is -2.46. The topological polar surface area (TPSA) is 64.7 Å². The van der Waals surface area contributed by atoms with Crippen molar-refractivity contribution in [2.45, 2.75) is 13.0 Å². The van der Waals surface area contributed by atoms with Crippen molar-refractivity contribution in [2.75, 3.05) is 58.3 Å². The Bertz CT molecular complexity index is 858. The van der Waals surface area contributed by atoms with Gasteiger partial charge in [0.05, 0.1) is 5.69 Å². The number of aromatic amines is 1. The van der Waals surface area contributed by atoms with Gasteiger partial charge in [0.15, 0.2) is 0 Å². The minimum atomic E-state index is -0.0678. The van der Waals surface area contributed by atoms with Gasteiger partial charge in [0.25, 0.3) is 5.56 Å². The molecule has 2 aliphatic heterocycles. The minimum Gasteiger partial charge on any atom is -0.487 e. The Kier molecular flexibility index (Phi) is 5.13. The Morgan fingerprint density at radius 3 is 2.81 bits per heavy atom. The molecule has 0 atom stereocenters. The number of para-hydroxylation sites is 1. The van der Waals surface area contributed by atoms with Crippen LogP contribution in [0.25, 0.3) is 0 Å². The van der Waals surface area contributed by atoms with Gasteiger partial charge >= 0.3 is 0 Å². The van der Waals surface area contributed by atoms with E-state index in [1.54, 1.807) is 0 Å². The molecule has 0 unspecified atom stereocenters. The van der Waals surface area contributed by atoms with Gasteiger partial charge in [-0.05, 0) is 18.7 Å². The number of piperazine rings is 1. The molecule has 144 valence electrons. The third-order valence-corrected chi connectivity index (χ3v) is 5.50.